The number of hydrogen-bond acceptors (Lipinski definition) is 5. The van der Waals surface area contributed by atoms with Gasteiger partial charge < -0.3 is 19.5 Å². The lowest BCUT2D eigenvalue weighted by Gasteiger charge is -2.11. The molecular weight excluding hydrogens is 358 g/mol. The van der Waals surface area contributed by atoms with Crippen LogP contribution in [0.15, 0.2) is 54.7 Å². The maximum atomic E-state index is 12.6. The van der Waals surface area contributed by atoms with Crippen LogP contribution < -0.4 is 19.5 Å². The summed E-state index contributed by atoms with van der Waals surface area (Å²) in [5.41, 5.74) is 2.04. The molecule has 146 valence electrons. The molecule has 2 aromatic carbocycles. The molecule has 0 bridgehead atoms. The number of amides is 1. The maximum Gasteiger partial charge on any atom is 0.275 e. The molecule has 7 nitrogen and oxygen atoms in total. The fourth-order valence-corrected chi connectivity index (χ4v) is 2.85. The Bertz CT molecular complexity index is 938. The highest BCUT2D eigenvalue weighted by Crippen LogP contribution is 2.24. The Balaban J connectivity index is 1.69. The molecule has 7 heteroatoms. The van der Waals surface area contributed by atoms with E-state index in [1.54, 1.807) is 25.1 Å². The first-order valence-electron chi connectivity index (χ1n) is 8.84. The van der Waals surface area contributed by atoms with Crippen molar-refractivity contribution >= 4 is 5.91 Å². The number of carbonyl (C=O) groups is 1. The van der Waals surface area contributed by atoms with Gasteiger partial charge in [0.15, 0.2) is 11.4 Å². The van der Waals surface area contributed by atoms with Gasteiger partial charge in [0.2, 0.25) is 0 Å². The fourth-order valence-electron chi connectivity index (χ4n) is 2.85. The number of benzene rings is 2. The number of nitrogens with zero attached hydrogens (tertiary/aromatic N) is 2. The third kappa shape index (κ3) is 4.25. The first-order valence-corrected chi connectivity index (χ1v) is 8.84. The smallest absolute Gasteiger partial charge is 0.275 e. The first-order chi connectivity index (χ1) is 13.7. The molecule has 0 aliphatic rings. The molecule has 28 heavy (non-hydrogen) atoms. The van der Waals surface area contributed by atoms with Crippen molar-refractivity contribution in [1.82, 2.24) is 15.1 Å². The lowest BCUT2D eigenvalue weighted by atomic mass is 10.1. The van der Waals surface area contributed by atoms with Crippen LogP contribution >= 0.6 is 0 Å². The number of ether oxygens (including phenoxy) is 3. The molecule has 0 radical (unpaired) electrons. The number of para-hydroxylation sites is 1. The predicted molar refractivity (Wildman–Crippen MR) is 106 cm³/mol. The van der Waals surface area contributed by atoms with E-state index in [1.807, 2.05) is 48.5 Å². The van der Waals surface area contributed by atoms with Gasteiger partial charge in [-0.25, -0.2) is 4.68 Å². The Morgan fingerprint density at radius 1 is 1.00 bits per heavy atom. The molecular formula is C21H23N3O4. The second kappa shape index (κ2) is 8.94. The van der Waals surface area contributed by atoms with Crippen molar-refractivity contribution in [2.45, 2.75) is 6.42 Å². The number of nitrogens with one attached hydrogen (secondary N) is 1. The average Bonchev–Trinajstić information content (AvgIpc) is 3.19. The zero-order chi connectivity index (χ0) is 19.9. The van der Waals surface area contributed by atoms with Crippen molar-refractivity contribution in [2.24, 2.45) is 0 Å². The minimum absolute atomic E-state index is 0.240. The van der Waals surface area contributed by atoms with Gasteiger partial charge in [-0.2, -0.15) is 5.10 Å². The zero-order valence-corrected chi connectivity index (χ0v) is 16.1. The monoisotopic (exact) mass is 381 g/mol. The summed E-state index contributed by atoms with van der Waals surface area (Å²) in [5, 5.41) is 7.26. The van der Waals surface area contributed by atoms with Crippen molar-refractivity contribution in [3.63, 3.8) is 0 Å². The Hall–Kier alpha value is -3.48. The molecule has 0 atom stereocenters. The van der Waals surface area contributed by atoms with E-state index in [-0.39, 0.29) is 11.6 Å². The third-order valence-electron chi connectivity index (χ3n) is 4.30. The van der Waals surface area contributed by atoms with Crippen LogP contribution in [0.1, 0.15) is 16.1 Å². The molecule has 0 aliphatic heterocycles. The lowest BCUT2D eigenvalue weighted by Crippen LogP contribution is -2.26. The molecule has 3 aromatic rings. The zero-order valence-electron chi connectivity index (χ0n) is 16.1. The van der Waals surface area contributed by atoms with Crippen LogP contribution in [0.4, 0.5) is 0 Å². The minimum atomic E-state index is -0.298. The molecule has 1 heterocycles. The summed E-state index contributed by atoms with van der Waals surface area (Å²) >= 11 is 0. The summed E-state index contributed by atoms with van der Waals surface area (Å²) in [5.74, 6) is 1.61. The van der Waals surface area contributed by atoms with Crippen molar-refractivity contribution in [3.8, 4) is 22.9 Å². The van der Waals surface area contributed by atoms with Gasteiger partial charge in [0.1, 0.15) is 11.5 Å². The van der Waals surface area contributed by atoms with Gasteiger partial charge in [0.05, 0.1) is 33.2 Å². The van der Waals surface area contributed by atoms with Crippen LogP contribution in [0.3, 0.4) is 0 Å². The highest BCUT2D eigenvalue weighted by atomic mass is 16.5. The van der Waals surface area contributed by atoms with Gasteiger partial charge >= 0.3 is 0 Å². The number of rotatable bonds is 8. The van der Waals surface area contributed by atoms with Gasteiger partial charge in [-0.05, 0) is 42.3 Å². The van der Waals surface area contributed by atoms with Crippen molar-refractivity contribution in [3.05, 3.63) is 66.0 Å². The molecule has 0 unspecified atom stereocenters. The van der Waals surface area contributed by atoms with E-state index in [0.717, 1.165) is 22.7 Å². The average molecular weight is 381 g/mol. The molecule has 0 aliphatic carbocycles. The van der Waals surface area contributed by atoms with Crippen molar-refractivity contribution in [2.75, 3.05) is 27.9 Å². The van der Waals surface area contributed by atoms with E-state index >= 15 is 0 Å². The highest BCUT2D eigenvalue weighted by molar-refractivity contribution is 5.94. The second-order valence-corrected chi connectivity index (χ2v) is 6.01. The molecule has 1 N–H and O–H groups in total. The Morgan fingerprint density at radius 3 is 2.43 bits per heavy atom. The van der Waals surface area contributed by atoms with Crippen LogP contribution in [0.2, 0.25) is 0 Å². The SMILES string of the molecule is COc1ccc(OC)c(CCNC(=O)c2nn(-c3ccccc3)cc2OC)c1. The summed E-state index contributed by atoms with van der Waals surface area (Å²) in [4.78, 5) is 12.6. The van der Waals surface area contributed by atoms with Gasteiger partial charge in [-0.3, -0.25) is 4.79 Å². The maximum absolute atomic E-state index is 12.6. The Labute approximate surface area is 163 Å². The summed E-state index contributed by atoms with van der Waals surface area (Å²) in [6.07, 6.45) is 2.28. The van der Waals surface area contributed by atoms with Gasteiger partial charge in [-0.15, -0.1) is 0 Å². The summed E-state index contributed by atoms with van der Waals surface area (Å²) in [6, 6.07) is 15.1. The van der Waals surface area contributed by atoms with Crippen LogP contribution in [0.5, 0.6) is 17.2 Å². The number of hydrogen-bond donors (Lipinski definition) is 1. The Morgan fingerprint density at radius 2 is 1.75 bits per heavy atom. The topological polar surface area (TPSA) is 74.6 Å². The van der Waals surface area contributed by atoms with E-state index in [0.29, 0.717) is 18.7 Å². The highest BCUT2D eigenvalue weighted by Gasteiger charge is 2.18. The normalized spacial score (nSPS) is 10.4. The fraction of sp³-hybridized carbons (Fsp3) is 0.238. The van der Waals surface area contributed by atoms with E-state index in [9.17, 15) is 4.79 Å². The molecule has 1 amide bonds. The molecule has 3 rings (SSSR count). The summed E-state index contributed by atoms with van der Waals surface area (Å²) in [6.45, 7) is 0.420. The lowest BCUT2D eigenvalue weighted by molar-refractivity contribution is 0.0945. The van der Waals surface area contributed by atoms with Gasteiger partial charge in [0.25, 0.3) is 5.91 Å². The molecule has 0 saturated carbocycles. The van der Waals surface area contributed by atoms with Crippen molar-refractivity contribution in [1.29, 1.82) is 0 Å². The van der Waals surface area contributed by atoms with Crippen LogP contribution in [-0.2, 0) is 6.42 Å². The Kier molecular flexibility index (Phi) is 6.16. The molecule has 0 saturated heterocycles. The van der Waals surface area contributed by atoms with Gasteiger partial charge in [-0.1, -0.05) is 18.2 Å². The number of methoxy groups -OCH3 is 3. The third-order valence-corrected chi connectivity index (χ3v) is 4.30. The van der Waals surface area contributed by atoms with E-state index in [4.69, 9.17) is 14.2 Å². The predicted octanol–water partition coefficient (Wildman–Crippen LogP) is 2.87. The van der Waals surface area contributed by atoms with E-state index in [2.05, 4.69) is 10.4 Å². The van der Waals surface area contributed by atoms with Crippen molar-refractivity contribution < 1.29 is 19.0 Å². The number of aromatic nitrogens is 2. The molecule has 1 aromatic heterocycles. The van der Waals surface area contributed by atoms with Crippen LogP contribution in [0, 0.1) is 0 Å². The van der Waals surface area contributed by atoms with E-state index < -0.39 is 0 Å². The van der Waals surface area contributed by atoms with E-state index in [1.165, 1.54) is 7.11 Å². The van der Waals surface area contributed by atoms with Crippen LogP contribution in [-0.4, -0.2) is 43.6 Å². The number of carbonyl (C=O) groups excluding carboxylic acids is 1. The quantitative estimate of drug-likeness (QED) is 0.649. The largest absolute Gasteiger partial charge is 0.497 e. The van der Waals surface area contributed by atoms with Crippen LogP contribution in [0.25, 0.3) is 5.69 Å². The minimum Gasteiger partial charge on any atom is -0.497 e. The summed E-state index contributed by atoms with van der Waals surface area (Å²) < 4.78 is 17.6. The standard InChI is InChI=1S/C21H23N3O4/c1-26-17-9-10-18(27-2)15(13-17)11-12-22-21(25)20-19(28-3)14-24(23-20)16-7-5-4-6-8-16/h4-10,13-14H,11-12H2,1-3H3,(H,22,25). The molecule has 0 fully saturated rings. The van der Waals surface area contributed by atoms with Gasteiger partial charge in [0, 0.05) is 6.54 Å². The summed E-state index contributed by atoms with van der Waals surface area (Å²) in [7, 11) is 4.75. The molecule has 0 spiro atoms. The second-order valence-electron chi connectivity index (χ2n) is 6.01. The first kappa shape index (κ1) is 19.3.